The van der Waals surface area contributed by atoms with E-state index in [9.17, 15) is 0 Å². The molecular weight excluding hydrogens is 233 g/mol. The van der Waals surface area contributed by atoms with Crippen LogP contribution in [0.5, 0.6) is 0 Å². The molecule has 0 aliphatic carbocycles. The zero-order chi connectivity index (χ0) is 9.56. The van der Waals surface area contributed by atoms with Gasteiger partial charge >= 0.3 is 0 Å². The second-order valence-electron chi connectivity index (χ2n) is 2.89. The van der Waals surface area contributed by atoms with Crippen LogP contribution >= 0.6 is 0 Å². The Bertz CT molecular complexity index is 215. The largest absolute Gasteiger partial charge is 0.355 e. The van der Waals surface area contributed by atoms with Gasteiger partial charge in [-0.05, 0) is 20.8 Å². The maximum Gasteiger partial charge on any atom is 0 e. The Hall–Kier alpha value is 0.194. The topological polar surface area (TPSA) is 0 Å². The molecule has 0 spiro atoms. The summed E-state index contributed by atoms with van der Waals surface area (Å²) >= 11 is 0. The summed E-state index contributed by atoms with van der Waals surface area (Å²) in [7, 11) is 0. The third kappa shape index (κ3) is 5.49. The second kappa shape index (κ2) is 8.78. The van der Waals surface area contributed by atoms with Crippen LogP contribution in [0.4, 0.5) is 0 Å². The van der Waals surface area contributed by atoms with E-state index in [2.05, 4.69) is 33.8 Å². The van der Waals surface area contributed by atoms with Crippen LogP contribution in [-0.4, -0.2) is 0 Å². The molecule has 1 radical (unpaired) electrons. The Kier molecular flexibility index (Phi) is 10.6. The van der Waals surface area contributed by atoms with Gasteiger partial charge in [-0.1, -0.05) is 17.7 Å². The first-order chi connectivity index (χ1) is 5.67. The van der Waals surface area contributed by atoms with Crippen LogP contribution in [0.15, 0.2) is 34.9 Å². The fourth-order valence-electron chi connectivity index (χ4n) is 1.11. The van der Waals surface area contributed by atoms with Gasteiger partial charge in [-0.3, -0.25) is 0 Å². The van der Waals surface area contributed by atoms with Crippen LogP contribution < -0.4 is 0 Å². The Balaban J connectivity index is 0. The first kappa shape index (κ1) is 15.7. The molecule has 0 atom stereocenters. The molecule has 13 heavy (non-hydrogen) atoms. The monoisotopic (exact) mass is 251 g/mol. The standard InChI is InChI=1S/C12H18.Y/c1-6-9-12(10(4)5)11(7-2)8-3;/h6-7,9H,2-3,8H2,1,4-5H3;/q-2;/b9-6-,11-7+;. The number of hydrogen-bond acceptors (Lipinski definition) is 0. The number of rotatable bonds is 3. The van der Waals surface area contributed by atoms with Crippen molar-refractivity contribution in [3.05, 3.63) is 48.8 Å². The molecule has 0 nitrogen and oxygen atoms in total. The van der Waals surface area contributed by atoms with Crippen LogP contribution in [0.1, 0.15) is 27.2 Å². The molecule has 0 aliphatic rings. The smallest absolute Gasteiger partial charge is 0 e. The summed E-state index contributed by atoms with van der Waals surface area (Å²) in [4.78, 5) is 0. The van der Waals surface area contributed by atoms with Gasteiger partial charge in [0.15, 0.2) is 0 Å². The summed E-state index contributed by atoms with van der Waals surface area (Å²) in [6.07, 6.45) is 6.84. The molecule has 0 heterocycles. The SMILES string of the molecule is [CH2-]/C=C(\C[CH2-])C(/C=C\C)=C(C)C.[Y]. The number of allylic oxidation sites excluding steroid dienone is 6. The van der Waals surface area contributed by atoms with E-state index in [1.165, 1.54) is 16.7 Å². The van der Waals surface area contributed by atoms with E-state index in [0.29, 0.717) is 0 Å². The molecule has 0 rings (SSSR count). The van der Waals surface area contributed by atoms with Crippen LogP contribution in [0.25, 0.3) is 0 Å². The summed E-state index contributed by atoms with van der Waals surface area (Å²) in [5, 5.41) is 0. The minimum atomic E-state index is 0. The Morgan fingerprint density at radius 3 is 2.08 bits per heavy atom. The molecule has 0 aliphatic heterocycles. The summed E-state index contributed by atoms with van der Waals surface area (Å²) < 4.78 is 0. The third-order valence-corrected chi connectivity index (χ3v) is 1.73. The minimum absolute atomic E-state index is 0. The van der Waals surface area contributed by atoms with Crippen molar-refractivity contribution in [1.82, 2.24) is 0 Å². The van der Waals surface area contributed by atoms with Crippen LogP contribution in [-0.2, 0) is 32.7 Å². The molecule has 0 amide bonds. The molecule has 71 valence electrons. The average Bonchev–Trinajstić information content (AvgIpc) is 2.05. The van der Waals surface area contributed by atoms with Crippen LogP contribution in [0, 0.1) is 13.8 Å². The molecule has 0 fully saturated rings. The van der Waals surface area contributed by atoms with Gasteiger partial charge in [-0.15, -0.1) is 5.57 Å². The van der Waals surface area contributed by atoms with Crippen molar-refractivity contribution in [2.45, 2.75) is 27.2 Å². The Morgan fingerprint density at radius 1 is 1.31 bits per heavy atom. The van der Waals surface area contributed by atoms with Crippen molar-refractivity contribution < 1.29 is 32.7 Å². The van der Waals surface area contributed by atoms with E-state index in [-0.39, 0.29) is 32.7 Å². The fourth-order valence-corrected chi connectivity index (χ4v) is 1.11. The maximum absolute atomic E-state index is 3.87. The molecule has 0 saturated carbocycles. The molecule has 0 aromatic heterocycles. The van der Waals surface area contributed by atoms with Crippen molar-refractivity contribution in [3.63, 3.8) is 0 Å². The summed E-state index contributed by atoms with van der Waals surface area (Å²) in [5.41, 5.74) is 3.79. The van der Waals surface area contributed by atoms with Crippen molar-refractivity contribution in [2.24, 2.45) is 0 Å². The first-order valence-corrected chi connectivity index (χ1v) is 4.25. The van der Waals surface area contributed by atoms with E-state index in [1.54, 1.807) is 0 Å². The minimum Gasteiger partial charge on any atom is -0.355 e. The summed E-state index contributed by atoms with van der Waals surface area (Å²) in [6.45, 7) is 13.9. The van der Waals surface area contributed by atoms with Gasteiger partial charge in [0.05, 0.1) is 0 Å². The molecule has 1 heteroatoms. The molecular formula is C12H18Y-2. The van der Waals surface area contributed by atoms with E-state index in [4.69, 9.17) is 0 Å². The molecule has 0 N–H and O–H groups in total. The summed E-state index contributed by atoms with van der Waals surface area (Å²) in [6, 6.07) is 0. The zero-order valence-corrected chi connectivity index (χ0v) is 11.8. The van der Waals surface area contributed by atoms with Gasteiger partial charge in [0.25, 0.3) is 0 Å². The van der Waals surface area contributed by atoms with Crippen molar-refractivity contribution >= 4 is 0 Å². The summed E-state index contributed by atoms with van der Waals surface area (Å²) in [5.74, 6) is 0. The van der Waals surface area contributed by atoms with E-state index >= 15 is 0 Å². The van der Waals surface area contributed by atoms with Crippen LogP contribution in [0.2, 0.25) is 0 Å². The molecule has 0 bridgehead atoms. The van der Waals surface area contributed by atoms with E-state index < -0.39 is 0 Å². The molecule has 0 saturated heterocycles. The molecule has 0 aromatic carbocycles. The van der Waals surface area contributed by atoms with Crippen molar-refractivity contribution in [2.75, 3.05) is 0 Å². The van der Waals surface area contributed by atoms with Gasteiger partial charge in [-0.25, -0.2) is 25.0 Å². The van der Waals surface area contributed by atoms with Gasteiger partial charge in [0.2, 0.25) is 0 Å². The van der Waals surface area contributed by atoms with Crippen molar-refractivity contribution in [3.8, 4) is 0 Å². The molecule has 0 aromatic rings. The maximum atomic E-state index is 3.87. The normalized spacial score (nSPS) is 11.2. The van der Waals surface area contributed by atoms with Gasteiger partial charge in [-0.2, -0.15) is 0 Å². The quantitative estimate of drug-likeness (QED) is 0.527. The van der Waals surface area contributed by atoms with Gasteiger partial charge < -0.3 is 6.92 Å². The van der Waals surface area contributed by atoms with E-state index in [0.717, 1.165) is 6.42 Å². The zero-order valence-electron chi connectivity index (χ0n) is 8.93. The fraction of sp³-hybridized carbons (Fsp3) is 0.333. The second-order valence-corrected chi connectivity index (χ2v) is 2.89. The predicted octanol–water partition coefficient (Wildman–Crippen LogP) is 3.88. The third-order valence-electron chi connectivity index (χ3n) is 1.73. The molecule has 0 unspecified atom stereocenters. The first-order valence-electron chi connectivity index (χ1n) is 4.25. The Labute approximate surface area is 108 Å². The van der Waals surface area contributed by atoms with Crippen molar-refractivity contribution in [1.29, 1.82) is 0 Å². The predicted molar refractivity (Wildman–Crippen MR) is 56.6 cm³/mol. The number of hydrogen-bond donors (Lipinski definition) is 0. The van der Waals surface area contributed by atoms with Gasteiger partial charge in [0, 0.05) is 32.7 Å². The van der Waals surface area contributed by atoms with Gasteiger partial charge in [0.1, 0.15) is 0 Å². The van der Waals surface area contributed by atoms with E-state index in [1.807, 2.05) is 19.1 Å². The average molecular weight is 251 g/mol. The Morgan fingerprint density at radius 2 is 1.85 bits per heavy atom. The van der Waals surface area contributed by atoms with Crippen LogP contribution in [0.3, 0.4) is 0 Å².